The van der Waals surface area contributed by atoms with Gasteiger partial charge in [-0.25, -0.2) is 18.5 Å². The molecule has 1 aromatic heterocycles. The molecular weight excluding hydrogens is 466 g/mol. The van der Waals surface area contributed by atoms with Crippen LogP contribution in [0.1, 0.15) is 30.7 Å². The lowest BCUT2D eigenvalue weighted by molar-refractivity contribution is 0.209. The first-order valence-corrected chi connectivity index (χ1v) is 13.3. The molecule has 3 heterocycles. The van der Waals surface area contributed by atoms with E-state index in [-0.39, 0.29) is 10.5 Å². The number of benzene rings is 2. The highest BCUT2D eigenvalue weighted by Gasteiger charge is 2.30. The highest BCUT2D eigenvalue weighted by Crippen LogP contribution is 2.41. The van der Waals surface area contributed by atoms with Crippen molar-refractivity contribution in [1.29, 1.82) is 0 Å². The average Bonchev–Trinajstić information content (AvgIpc) is 2.81. The summed E-state index contributed by atoms with van der Waals surface area (Å²) >= 11 is 0. The summed E-state index contributed by atoms with van der Waals surface area (Å²) in [6.45, 7) is 2.48. The molecule has 4 N–H and O–H groups in total. The van der Waals surface area contributed by atoms with E-state index in [1.54, 1.807) is 24.3 Å². The number of hydrogen-bond donors (Lipinski definition) is 3. The summed E-state index contributed by atoms with van der Waals surface area (Å²) < 4.78 is 27.5. The lowest BCUT2D eigenvalue weighted by Crippen LogP contribution is -2.50. The van der Waals surface area contributed by atoms with Gasteiger partial charge in [-0.1, -0.05) is 6.42 Å². The van der Waals surface area contributed by atoms with Crippen LogP contribution in [0.3, 0.4) is 0 Å². The van der Waals surface area contributed by atoms with Crippen LogP contribution in [0.15, 0.2) is 51.1 Å². The van der Waals surface area contributed by atoms with Crippen LogP contribution in [-0.4, -0.2) is 66.4 Å². The highest BCUT2D eigenvalue weighted by atomic mass is 32.2. The van der Waals surface area contributed by atoms with E-state index in [1.807, 2.05) is 6.07 Å². The minimum Gasteiger partial charge on any atom is -0.399 e. The number of hydrogen-bond acceptors (Lipinski definition) is 8. The van der Waals surface area contributed by atoms with E-state index in [9.17, 15) is 13.2 Å². The molecule has 182 valence electrons. The molecular formula is C24H27N7O3S. The van der Waals surface area contributed by atoms with Gasteiger partial charge in [0, 0.05) is 31.9 Å². The quantitative estimate of drug-likeness (QED) is 0.464. The van der Waals surface area contributed by atoms with Crippen LogP contribution in [-0.2, 0) is 10.0 Å². The van der Waals surface area contributed by atoms with Crippen molar-refractivity contribution < 1.29 is 8.42 Å². The monoisotopic (exact) mass is 493 g/mol. The van der Waals surface area contributed by atoms with Gasteiger partial charge >= 0.3 is 0 Å². The number of nitrogens with zero attached hydrogens (tertiary/aromatic N) is 4. The van der Waals surface area contributed by atoms with E-state index in [4.69, 9.17) is 5.73 Å². The Labute approximate surface area is 202 Å². The number of H-pyrrole nitrogens is 1. The Kier molecular flexibility index (Phi) is 5.35. The Balaban J connectivity index is 1.19. The van der Waals surface area contributed by atoms with Crippen molar-refractivity contribution in [3.05, 3.63) is 52.3 Å². The summed E-state index contributed by atoms with van der Waals surface area (Å²) in [5, 5.41) is 11.6. The lowest BCUT2D eigenvalue weighted by Gasteiger charge is -2.34. The Morgan fingerprint density at radius 3 is 2.49 bits per heavy atom. The molecule has 0 amide bonds. The molecule has 0 bridgehead atoms. The number of piperazine rings is 1. The molecule has 11 heteroatoms. The molecule has 10 nitrogen and oxygen atoms in total. The van der Waals surface area contributed by atoms with E-state index >= 15 is 0 Å². The van der Waals surface area contributed by atoms with Crippen molar-refractivity contribution in [2.45, 2.75) is 30.1 Å². The first kappa shape index (κ1) is 22.2. The van der Waals surface area contributed by atoms with Crippen LogP contribution in [0.4, 0.5) is 17.2 Å². The Hall–Kier alpha value is -3.28. The maximum Gasteiger partial charge on any atom is 0.272 e. The number of nitrogen functional groups attached to an aromatic ring is 1. The molecule has 3 aliphatic rings. The molecule has 35 heavy (non-hydrogen) atoms. The van der Waals surface area contributed by atoms with Gasteiger partial charge < -0.3 is 11.1 Å². The molecule has 6 rings (SSSR count). The van der Waals surface area contributed by atoms with E-state index in [0.29, 0.717) is 55.5 Å². The smallest absolute Gasteiger partial charge is 0.272 e. The fourth-order valence-corrected chi connectivity index (χ4v) is 6.40. The van der Waals surface area contributed by atoms with Gasteiger partial charge in [0.2, 0.25) is 10.0 Å². The fraction of sp³-hybridized carbons (Fsp3) is 0.375. The number of nitrogens with two attached hydrogens (primary N) is 1. The number of aromatic amines is 1. The molecule has 0 radical (unpaired) electrons. The number of aliphatic imine (C=N–C) groups is 1. The van der Waals surface area contributed by atoms with Gasteiger partial charge in [0.15, 0.2) is 5.82 Å². The summed E-state index contributed by atoms with van der Waals surface area (Å²) in [6.07, 6.45) is 3.51. The summed E-state index contributed by atoms with van der Waals surface area (Å²) in [5.41, 5.74) is 8.07. The number of aromatic nitrogens is 2. The topological polar surface area (TPSA) is 137 Å². The molecule has 2 aliphatic heterocycles. The largest absolute Gasteiger partial charge is 0.399 e. The standard InChI is InChI=1S/C24H27N7O3S/c25-17-4-6-18(7-5-17)35(33,34)31-10-8-30(9-11-31)14-21-26-20-13-16(15-2-1-3-15)12-19-22(20)23(27-21)28-29-24(19)32/h4-7,12-13,15H,1-3,8-11,14,25H2,(H,29,32)(H,26,27,28). The normalized spacial score (nSPS) is 19.3. The van der Waals surface area contributed by atoms with Gasteiger partial charge in [-0.05, 0) is 60.7 Å². The van der Waals surface area contributed by atoms with Crippen LogP contribution in [0.25, 0.3) is 10.8 Å². The predicted octanol–water partition coefficient (Wildman–Crippen LogP) is 2.23. The van der Waals surface area contributed by atoms with E-state index < -0.39 is 10.0 Å². The zero-order valence-corrected chi connectivity index (χ0v) is 20.0. The molecule has 1 saturated carbocycles. The lowest BCUT2D eigenvalue weighted by atomic mass is 9.79. The number of amidine groups is 1. The maximum absolute atomic E-state index is 13.0. The number of anilines is 2. The van der Waals surface area contributed by atoms with Gasteiger partial charge in [0.05, 0.1) is 27.9 Å². The van der Waals surface area contributed by atoms with E-state index in [1.165, 1.54) is 16.3 Å². The van der Waals surface area contributed by atoms with E-state index in [0.717, 1.165) is 29.8 Å². The second-order valence-corrected chi connectivity index (χ2v) is 11.4. The van der Waals surface area contributed by atoms with Crippen LogP contribution in [0.5, 0.6) is 0 Å². The second-order valence-electron chi connectivity index (χ2n) is 9.43. The molecule has 3 aromatic rings. The number of nitrogens with one attached hydrogen (secondary N) is 2. The molecule has 0 atom stereocenters. The third-order valence-corrected chi connectivity index (χ3v) is 9.12. The van der Waals surface area contributed by atoms with Gasteiger partial charge in [0.1, 0.15) is 5.84 Å². The van der Waals surface area contributed by atoms with Crippen molar-refractivity contribution in [3.8, 4) is 0 Å². The zero-order valence-electron chi connectivity index (χ0n) is 19.2. The molecule has 2 aromatic carbocycles. The highest BCUT2D eigenvalue weighted by molar-refractivity contribution is 7.89. The summed E-state index contributed by atoms with van der Waals surface area (Å²) in [6, 6.07) is 10.4. The SMILES string of the molecule is Nc1ccc(S(=O)(=O)N2CCN(CC3=Nc4n[nH]c(=O)c5cc(C6CCC6)cc(c45)N3)CC2)cc1. The third kappa shape index (κ3) is 3.99. The average molecular weight is 494 g/mol. The molecule has 1 saturated heterocycles. The van der Waals surface area contributed by atoms with Crippen LogP contribution in [0, 0.1) is 0 Å². The Morgan fingerprint density at radius 1 is 1.06 bits per heavy atom. The van der Waals surface area contributed by atoms with Gasteiger partial charge in [-0.15, -0.1) is 0 Å². The zero-order chi connectivity index (χ0) is 24.2. The molecule has 1 aliphatic carbocycles. The van der Waals surface area contributed by atoms with Crippen molar-refractivity contribution in [2.75, 3.05) is 43.8 Å². The fourth-order valence-electron chi connectivity index (χ4n) is 4.98. The first-order chi connectivity index (χ1) is 16.9. The Bertz CT molecular complexity index is 1490. The summed E-state index contributed by atoms with van der Waals surface area (Å²) in [4.78, 5) is 19.6. The van der Waals surface area contributed by atoms with Crippen LogP contribution >= 0.6 is 0 Å². The number of rotatable bonds is 5. The Morgan fingerprint density at radius 2 is 1.80 bits per heavy atom. The van der Waals surface area contributed by atoms with Gasteiger partial charge in [-0.2, -0.15) is 9.40 Å². The minimum absolute atomic E-state index is 0.204. The van der Waals surface area contributed by atoms with Gasteiger partial charge in [-0.3, -0.25) is 9.69 Å². The van der Waals surface area contributed by atoms with Crippen molar-refractivity contribution in [1.82, 2.24) is 19.4 Å². The predicted molar refractivity (Wildman–Crippen MR) is 136 cm³/mol. The van der Waals surface area contributed by atoms with Crippen LogP contribution < -0.4 is 16.6 Å². The number of sulfonamides is 1. The first-order valence-electron chi connectivity index (χ1n) is 11.9. The van der Waals surface area contributed by atoms with Crippen LogP contribution in [0.2, 0.25) is 0 Å². The third-order valence-electron chi connectivity index (χ3n) is 7.21. The van der Waals surface area contributed by atoms with Gasteiger partial charge in [0.25, 0.3) is 5.56 Å². The minimum atomic E-state index is -3.55. The van der Waals surface area contributed by atoms with Crippen molar-refractivity contribution in [3.63, 3.8) is 0 Å². The van der Waals surface area contributed by atoms with Crippen molar-refractivity contribution >= 4 is 43.8 Å². The molecule has 2 fully saturated rings. The maximum atomic E-state index is 13.0. The summed E-state index contributed by atoms with van der Waals surface area (Å²) in [7, 11) is -3.55. The molecule has 0 spiro atoms. The second kappa shape index (κ2) is 8.43. The molecule has 0 unspecified atom stereocenters. The summed E-state index contributed by atoms with van der Waals surface area (Å²) in [5.74, 6) is 1.74. The van der Waals surface area contributed by atoms with Crippen molar-refractivity contribution in [2.24, 2.45) is 4.99 Å². The van der Waals surface area contributed by atoms with E-state index in [2.05, 4.69) is 31.5 Å².